The van der Waals surface area contributed by atoms with E-state index in [0.717, 1.165) is 18.6 Å². The minimum Gasteiger partial charge on any atom is -0.494 e. The van der Waals surface area contributed by atoms with Crippen molar-refractivity contribution in [3.63, 3.8) is 0 Å². The Balaban J connectivity index is 1.48. The molecule has 39 heavy (non-hydrogen) atoms. The highest BCUT2D eigenvalue weighted by Gasteiger charge is 2.33. The van der Waals surface area contributed by atoms with Gasteiger partial charge in [0.2, 0.25) is 0 Å². The molecule has 0 radical (unpaired) electrons. The van der Waals surface area contributed by atoms with Crippen LogP contribution in [0.25, 0.3) is 0 Å². The predicted octanol–water partition coefficient (Wildman–Crippen LogP) is 4.60. The topological polar surface area (TPSA) is 118 Å². The molecule has 0 heterocycles. The van der Waals surface area contributed by atoms with Crippen molar-refractivity contribution in [2.45, 2.75) is 19.5 Å². The van der Waals surface area contributed by atoms with Gasteiger partial charge in [-0.25, -0.2) is 5.43 Å². The highest BCUT2D eigenvalue weighted by Crippen LogP contribution is 2.34. The molecule has 0 saturated heterocycles. The summed E-state index contributed by atoms with van der Waals surface area (Å²) in [4.78, 5) is 36.2. The normalized spacial score (nSPS) is 11.1. The Morgan fingerprint density at radius 3 is 2.33 bits per heavy atom. The van der Waals surface area contributed by atoms with Crippen LogP contribution >= 0.6 is 0 Å². The number of nitrogens with one attached hydrogen (secondary N) is 3. The summed E-state index contributed by atoms with van der Waals surface area (Å²) in [7, 11) is 0. The smallest absolute Gasteiger partial charge is 0.418 e. The lowest BCUT2D eigenvalue weighted by molar-refractivity contribution is -0.137. The van der Waals surface area contributed by atoms with Gasteiger partial charge in [0.15, 0.2) is 6.61 Å². The van der Waals surface area contributed by atoms with Crippen molar-refractivity contribution in [2.75, 3.05) is 23.8 Å². The summed E-state index contributed by atoms with van der Waals surface area (Å²) in [5, 5.41) is 8.35. The molecule has 0 fully saturated rings. The first kappa shape index (κ1) is 28.7. The molecule has 0 aliphatic heterocycles. The maximum atomic E-state index is 13.1. The average Bonchev–Trinajstić information content (AvgIpc) is 2.91. The van der Waals surface area contributed by atoms with Gasteiger partial charge >= 0.3 is 18.0 Å². The lowest BCUT2D eigenvalue weighted by Gasteiger charge is -2.13. The molecule has 0 atom stereocenters. The third-order valence-corrected chi connectivity index (χ3v) is 4.91. The van der Waals surface area contributed by atoms with E-state index < -0.39 is 36.1 Å². The van der Waals surface area contributed by atoms with Crippen molar-refractivity contribution >= 4 is 35.3 Å². The van der Waals surface area contributed by atoms with Gasteiger partial charge in [-0.15, -0.1) is 0 Å². The van der Waals surface area contributed by atoms with Crippen molar-refractivity contribution in [1.29, 1.82) is 0 Å². The highest BCUT2D eigenvalue weighted by atomic mass is 19.4. The van der Waals surface area contributed by atoms with E-state index in [1.165, 1.54) is 30.5 Å². The first-order chi connectivity index (χ1) is 18.7. The standard InChI is InChI=1S/C27H25F3N4O5/c1-2-14-38-20-12-10-19(11-13-20)32-25(36)26(37)34-31-16-18-6-5-7-21(15-18)39-17-24(35)33-23-9-4-3-8-22(23)27(28,29)30/h3-13,15-16H,2,14,17H2,1H3,(H,32,36)(H,33,35)(H,34,37)/b31-16-. The number of halogens is 3. The Bertz CT molecular complexity index is 1330. The lowest BCUT2D eigenvalue weighted by atomic mass is 10.1. The van der Waals surface area contributed by atoms with Gasteiger partial charge in [-0.1, -0.05) is 31.2 Å². The fraction of sp³-hybridized carbons (Fsp3) is 0.185. The van der Waals surface area contributed by atoms with Crippen molar-refractivity contribution in [3.8, 4) is 11.5 Å². The van der Waals surface area contributed by atoms with Gasteiger partial charge in [0, 0.05) is 5.69 Å². The molecule has 3 amide bonds. The molecular formula is C27H25F3N4O5. The molecule has 3 aromatic carbocycles. The second-order valence-electron chi connectivity index (χ2n) is 7.98. The van der Waals surface area contributed by atoms with E-state index in [2.05, 4.69) is 21.2 Å². The number of para-hydroxylation sites is 1. The van der Waals surface area contributed by atoms with E-state index in [9.17, 15) is 27.6 Å². The van der Waals surface area contributed by atoms with Crippen LogP contribution in [0.1, 0.15) is 24.5 Å². The number of carbonyl (C=O) groups excluding carboxylic acids is 3. The number of carbonyl (C=O) groups is 3. The van der Waals surface area contributed by atoms with E-state index >= 15 is 0 Å². The molecule has 12 heteroatoms. The Hall–Kier alpha value is -4.87. The van der Waals surface area contributed by atoms with Gasteiger partial charge < -0.3 is 20.1 Å². The zero-order valence-electron chi connectivity index (χ0n) is 20.7. The Kier molecular flexibility index (Phi) is 10.0. The van der Waals surface area contributed by atoms with Crippen LogP contribution in [0, 0.1) is 0 Å². The van der Waals surface area contributed by atoms with Crippen LogP contribution in [-0.4, -0.2) is 37.1 Å². The number of nitrogens with zero attached hydrogens (tertiary/aromatic N) is 1. The molecule has 0 spiro atoms. The Morgan fingerprint density at radius 2 is 1.62 bits per heavy atom. The van der Waals surface area contributed by atoms with Crippen LogP contribution in [-0.2, 0) is 20.6 Å². The minimum atomic E-state index is -4.62. The van der Waals surface area contributed by atoms with E-state index in [1.807, 2.05) is 6.92 Å². The summed E-state index contributed by atoms with van der Waals surface area (Å²) >= 11 is 0. The molecule has 0 unspecified atom stereocenters. The average molecular weight is 543 g/mol. The number of amides is 3. The molecule has 0 aliphatic carbocycles. The van der Waals surface area contributed by atoms with Crippen molar-refractivity contribution in [2.24, 2.45) is 5.10 Å². The second kappa shape index (κ2) is 13.6. The number of ether oxygens (including phenoxy) is 2. The second-order valence-corrected chi connectivity index (χ2v) is 7.98. The number of rotatable bonds is 10. The summed E-state index contributed by atoms with van der Waals surface area (Å²) < 4.78 is 50.1. The van der Waals surface area contributed by atoms with E-state index in [1.54, 1.807) is 36.4 Å². The fourth-order valence-corrected chi connectivity index (χ4v) is 3.12. The fourth-order valence-electron chi connectivity index (χ4n) is 3.12. The predicted molar refractivity (Wildman–Crippen MR) is 139 cm³/mol. The largest absolute Gasteiger partial charge is 0.494 e. The summed E-state index contributed by atoms with van der Waals surface area (Å²) in [6.07, 6.45) is -2.52. The van der Waals surface area contributed by atoms with Crippen LogP contribution in [0.15, 0.2) is 77.9 Å². The molecular weight excluding hydrogens is 517 g/mol. The van der Waals surface area contributed by atoms with Crippen molar-refractivity contribution < 1.29 is 37.0 Å². The number of benzene rings is 3. The van der Waals surface area contributed by atoms with Gasteiger partial charge in [-0.3, -0.25) is 14.4 Å². The van der Waals surface area contributed by atoms with E-state index in [0.29, 0.717) is 23.6 Å². The summed E-state index contributed by atoms with van der Waals surface area (Å²) in [5.41, 5.74) is 1.61. The lowest BCUT2D eigenvalue weighted by Crippen LogP contribution is -2.32. The maximum absolute atomic E-state index is 13.1. The molecule has 0 aliphatic rings. The number of hydrogen-bond donors (Lipinski definition) is 3. The quantitative estimate of drug-likeness (QED) is 0.197. The zero-order chi connectivity index (χ0) is 28.3. The highest BCUT2D eigenvalue weighted by molar-refractivity contribution is 6.39. The van der Waals surface area contributed by atoms with Crippen LogP contribution < -0.4 is 25.5 Å². The number of alkyl halides is 3. The molecule has 204 valence electrons. The van der Waals surface area contributed by atoms with Gasteiger partial charge in [0.05, 0.1) is 24.1 Å². The van der Waals surface area contributed by atoms with Crippen LogP contribution in [0.2, 0.25) is 0 Å². The SMILES string of the molecule is CCCOc1ccc(NC(=O)C(=O)N/N=C\c2cccc(OCC(=O)Nc3ccccc3C(F)(F)F)c2)cc1. The molecule has 9 nitrogen and oxygen atoms in total. The van der Waals surface area contributed by atoms with Crippen molar-refractivity contribution in [3.05, 3.63) is 83.9 Å². The summed E-state index contributed by atoms with van der Waals surface area (Å²) in [6.45, 7) is 2.00. The summed E-state index contributed by atoms with van der Waals surface area (Å²) in [6, 6.07) is 17.3. The summed E-state index contributed by atoms with van der Waals surface area (Å²) in [5.74, 6) is -1.84. The number of hydrogen-bond acceptors (Lipinski definition) is 6. The Labute approximate surface area is 222 Å². The molecule has 3 aromatic rings. The number of hydrazone groups is 1. The third kappa shape index (κ3) is 9.18. The van der Waals surface area contributed by atoms with Crippen molar-refractivity contribution in [1.82, 2.24) is 5.43 Å². The van der Waals surface area contributed by atoms with Crippen LogP contribution in [0.5, 0.6) is 11.5 Å². The zero-order valence-corrected chi connectivity index (χ0v) is 20.7. The van der Waals surface area contributed by atoms with E-state index in [4.69, 9.17) is 9.47 Å². The molecule has 0 saturated carbocycles. The molecule has 0 aromatic heterocycles. The van der Waals surface area contributed by atoms with Gasteiger partial charge in [0.25, 0.3) is 5.91 Å². The van der Waals surface area contributed by atoms with E-state index in [-0.39, 0.29) is 11.4 Å². The Morgan fingerprint density at radius 1 is 0.872 bits per heavy atom. The third-order valence-electron chi connectivity index (χ3n) is 4.91. The first-order valence-corrected chi connectivity index (χ1v) is 11.7. The maximum Gasteiger partial charge on any atom is 0.418 e. The van der Waals surface area contributed by atoms with Gasteiger partial charge in [0.1, 0.15) is 11.5 Å². The first-order valence-electron chi connectivity index (χ1n) is 11.7. The monoisotopic (exact) mass is 542 g/mol. The van der Waals surface area contributed by atoms with Crippen LogP contribution in [0.4, 0.5) is 24.5 Å². The molecule has 0 bridgehead atoms. The van der Waals surface area contributed by atoms with Gasteiger partial charge in [-0.05, 0) is 60.5 Å². The molecule has 3 N–H and O–H groups in total. The number of anilines is 2. The minimum absolute atomic E-state index is 0.230. The van der Waals surface area contributed by atoms with Gasteiger partial charge in [-0.2, -0.15) is 18.3 Å². The molecule has 3 rings (SSSR count). The van der Waals surface area contributed by atoms with Crippen LogP contribution in [0.3, 0.4) is 0 Å².